The van der Waals surface area contributed by atoms with Crippen LogP contribution in [-0.2, 0) is 0 Å². The molecule has 0 aromatic carbocycles. The predicted octanol–water partition coefficient (Wildman–Crippen LogP) is 0.0971. The zero-order valence-electron chi connectivity index (χ0n) is 5.26. The zero-order valence-corrected chi connectivity index (χ0v) is 5.26. The van der Waals surface area contributed by atoms with Gasteiger partial charge in [-0.1, -0.05) is 0 Å². The van der Waals surface area contributed by atoms with Crippen molar-refractivity contribution in [2.24, 2.45) is 0 Å². The number of rotatable bonds is 0. The molecule has 2 rings (SSSR count). The van der Waals surface area contributed by atoms with Crippen LogP contribution in [0.25, 0.3) is 0 Å². The first-order valence-corrected chi connectivity index (χ1v) is 2.86. The monoisotopic (exact) mass is 136 g/mol. The number of carbonyl (C=O) groups is 2. The van der Waals surface area contributed by atoms with Crippen LogP contribution in [0.3, 0.4) is 0 Å². The Morgan fingerprint density at radius 1 is 1.30 bits per heavy atom. The summed E-state index contributed by atoms with van der Waals surface area (Å²) in [7, 11) is 0. The van der Waals surface area contributed by atoms with Crippen molar-refractivity contribution < 1.29 is 9.59 Å². The van der Waals surface area contributed by atoms with Crippen molar-refractivity contribution in [1.29, 1.82) is 0 Å². The lowest BCUT2D eigenvalue weighted by atomic mass is 10.2. The van der Waals surface area contributed by atoms with Gasteiger partial charge >= 0.3 is 0 Å². The molecule has 0 aliphatic carbocycles. The Kier molecular flexibility index (Phi) is 0.716. The van der Waals surface area contributed by atoms with Gasteiger partial charge in [0.15, 0.2) is 5.82 Å². The number of aromatic nitrogens is 2. The van der Waals surface area contributed by atoms with Crippen LogP contribution in [0.2, 0.25) is 0 Å². The molecule has 0 atom stereocenters. The summed E-state index contributed by atoms with van der Waals surface area (Å²) in [5.74, 6) is -0.815. The molecule has 0 unspecified atom stereocenters. The summed E-state index contributed by atoms with van der Waals surface area (Å²) < 4.78 is 0. The predicted molar refractivity (Wildman–Crippen MR) is 32.0 cm³/mol. The normalized spacial score (nSPS) is 14.9. The van der Waals surface area contributed by atoms with E-state index in [0.717, 1.165) is 0 Å². The van der Waals surface area contributed by atoms with Gasteiger partial charge in [0.05, 0.1) is 0 Å². The number of H-pyrrole nitrogens is 1. The van der Waals surface area contributed by atoms with Gasteiger partial charge < -0.3 is 4.98 Å². The highest BCUT2D eigenvalue weighted by Gasteiger charge is 2.33. The maximum Gasteiger partial charge on any atom is 0.270 e. The Morgan fingerprint density at radius 2 is 2.00 bits per heavy atom. The van der Waals surface area contributed by atoms with Gasteiger partial charge in [0, 0.05) is 5.69 Å². The number of ketones is 2. The molecule has 0 fully saturated rings. The molecule has 0 saturated heterocycles. The number of hydrogen-bond acceptors (Lipinski definition) is 3. The second-order valence-corrected chi connectivity index (χ2v) is 2.22. The summed E-state index contributed by atoms with van der Waals surface area (Å²) in [6.07, 6.45) is 0. The number of nitrogens with one attached hydrogen (secondary N) is 1. The smallest absolute Gasteiger partial charge is 0.270 e. The molecule has 10 heavy (non-hydrogen) atoms. The zero-order chi connectivity index (χ0) is 7.30. The molecule has 2 bridgehead atoms. The summed E-state index contributed by atoms with van der Waals surface area (Å²) in [6.45, 7) is 1.72. The van der Waals surface area contributed by atoms with Crippen molar-refractivity contribution in [2.45, 2.75) is 6.92 Å². The Hall–Kier alpha value is -1.45. The minimum absolute atomic E-state index is 0.178. The summed E-state index contributed by atoms with van der Waals surface area (Å²) in [4.78, 5) is 28.0. The number of Topliss-reactive ketones (excluding diaryl/α,β-unsaturated/α-hetero) is 2. The molecule has 4 heteroatoms. The Morgan fingerprint density at radius 3 is 2.40 bits per heavy atom. The summed E-state index contributed by atoms with van der Waals surface area (Å²) >= 11 is 0. The number of fused-ring (bicyclic) bond motifs is 2. The third kappa shape index (κ3) is 0.397. The van der Waals surface area contributed by atoms with E-state index in [4.69, 9.17) is 0 Å². The van der Waals surface area contributed by atoms with Crippen molar-refractivity contribution in [3.05, 3.63) is 17.2 Å². The second-order valence-electron chi connectivity index (χ2n) is 2.22. The molecule has 4 nitrogen and oxygen atoms in total. The minimum atomic E-state index is -0.513. The number of imidazole rings is 1. The lowest BCUT2D eigenvalue weighted by molar-refractivity contribution is 0.0818. The van der Waals surface area contributed by atoms with Gasteiger partial charge in [-0.2, -0.15) is 0 Å². The Balaban J connectivity index is 2.77. The molecule has 0 spiro atoms. The second kappa shape index (κ2) is 1.34. The van der Waals surface area contributed by atoms with Crippen LogP contribution in [0, 0.1) is 6.92 Å². The van der Waals surface area contributed by atoms with Crippen LogP contribution < -0.4 is 0 Å². The topological polar surface area (TPSA) is 62.8 Å². The van der Waals surface area contributed by atoms with E-state index in [1.165, 1.54) is 0 Å². The van der Waals surface area contributed by atoms with Crippen LogP contribution in [0.15, 0.2) is 0 Å². The first kappa shape index (κ1) is 5.34. The van der Waals surface area contributed by atoms with Gasteiger partial charge in [-0.25, -0.2) is 4.98 Å². The third-order valence-corrected chi connectivity index (χ3v) is 1.52. The molecule has 1 N–H and O–H groups in total. The van der Waals surface area contributed by atoms with Gasteiger partial charge in [-0.3, -0.25) is 9.59 Å². The maximum absolute atomic E-state index is 10.8. The van der Waals surface area contributed by atoms with Gasteiger partial charge in [-0.05, 0) is 6.92 Å². The van der Waals surface area contributed by atoms with Crippen molar-refractivity contribution >= 4 is 11.6 Å². The molecule has 0 amide bonds. The van der Waals surface area contributed by atoms with Crippen molar-refractivity contribution in [3.8, 4) is 0 Å². The highest BCUT2D eigenvalue weighted by atomic mass is 16.2. The standard InChI is InChI=1S/C6H4N2O2/c1-2-3-4(9)5(10)6(7-2)8-3/h1H3,(H,7,8). The highest BCUT2D eigenvalue weighted by molar-refractivity contribution is 6.50. The molecule has 0 saturated carbocycles. The van der Waals surface area contributed by atoms with Crippen molar-refractivity contribution in [3.63, 3.8) is 0 Å². The fraction of sp³-hybridized carbons (Fsp3) is 0.167. The average Bonchev–Trinajstić information content (AvgIpc) is 2.36. The summed E-state index contributed by atoms with van der Waals surface area (Å²) in [6, 6.07) is 0. The molecule has 1 aliphatic heterocycles. The number of nitrogens with zero attached hydrogens (tertiary/aromatic N) is 1. The van der Waals surface area contributed by atoms with E-state index in [-0.39, 0.29) is 11.5 Å². The van der Waals surface area contributed by atoms with E-state index in [2.05, 4.69) is 9.97 Å². The quantitative estimate of drug-likeness (QED) is 0.514. The molecular weight excluding hydrogens is 132 g/mol. The molecule has 2 heterocycles. The number of aryl methyl sites for hydroxylation is 1. The van der Waals surface area contributed by atoms with Gasteiger partial charge in [0.1, 0.15) is 5.69 Å². The van der Waals surface area contributed by atoms with Crippen LogP contribution in [0.4, 0.5) is 0 Å². The highest BCUT2D eigenvalue weighted by Crippen LogP contribution is 2.15. The number of carbonyl (C=O) groups excluding carboxylic acids is 2. The number of hydrogen-bond donors (Lipinski definition) is 1. The van der Waals surface area contributed by atoms with Gasteiger partial charge in [0.25, 0.3) is 11.6 Å². The minimum Gasteiger partial charge on any atom is -0.339 e. The molecule has 0 radical (unpaired) electrons. The molecule has 1 aromatic heterocycles. The van der Waals surface area contributed by atoms with Crippen molar-refractivity contribution in [2.75, 3.05) is 0 Å². The first-order valence-electron chi connectivity index (χ1n) is 2.86. The fourth-order valence-electron chi connectivity index (χ4n) is 1.00. The fourth-order valence-corrected chi connectivity index (χ4v) is 1.00. The van der Waals surface area contributed by atoms with Crippen LogP contribution in [0.5, 0.6) is 0 Å². The lowest BCUT2D eigenvalue weighted by Crippen LogP contribution is -2.13. The van der Waals surface area contributed by atoms with Gasteiger partial charge in [0.2, 0.25) is 0 Å². The van der Waals surface area contributed by atoms with E-state index in [9.17, 15) is 9.59 Å². The Bertz CT molecular complexity index is 338. The van der Waals surface area contributed by atoms with Crippen LogP contribution in [0.1, 0.15) is 26.8 Å². The first-order chi connectivity index (χ1) is 4.70. The molecule has 1 aliphatic rings. The molecule has 50 valence electrons. The van der Waals surface area contributed by atoms with E-state index < -0.39 is 11.6 Å². The largest absolute Gasteiger partial charge is 0.339 e. The maximum atomic E-state index is 10.8. The third-order valence-electron chi connectivity index (χ3n) is 1.52. The van der Waals surface area contributed by atoms with E-state index in [1.54, 1.807) is 6.92 Å². The number of aromatic amines is 1. The SMILES string of the molecule is Cc1[nH]c2nc1C(=O)C2=O. The Labute approximate surface area is 56.3 Å². The van der Waals surface area contributed by atoms with Gasteiger partial charge in [-0.15, -0.1) is 0 Å². The van der Waals surface area contributed by atoms with E-state index >= 15 is 0 Å². The average molecular weight is 136 g/mol. The van der Waals surface area contributed by atoms with Crippen molar-refractivity contribution in [1.82, 2.24) is 9.97 Å². The van der Waals surface area contributed by atoms with E-state index in [1.807, 2.05) is 0 Å². The summed E-state index contributed by atoms with van der Waals surface area (Å²) in [5, 5.41) is 0. The van der Waals surface area contributed by atoms with Crippen LogP contribution in [-0.4, -0.2) is 21.5 Å². The lowest BCUT2D eigenvalue weighted by Gasteiger charge is -1.93. The van der Waals surface area contributed by atoms with Crippen LogP contribution >= 0.6 is 0 Å². The molecular formula is C6H4N2O2. The molecule has 1 aromatic rings. The summed E-state index contributed by atoms with van der Waals surface area (Å²) in [5.41, 5.74) is 0.958. The van der Waals surface area contributed by atoms with E-state index in [0.29, 0.717) is 5.69 Å².